The molecule has 1 unspecified atom stereocenters. The molecule has 0 fully saturated rings. The quantitative estimate of drug-likeness (QED) is 0.474. The summed E-state index contributed by atoms with van der Waals surface area (Å²) in [6.45, 7) is 2.03. The second kappa shape index (κ2) is 5.84. The van der Waals surface area contributed by atoms with Crippen molar-refractivity contribution >= 4 is 21.6 Å². The van der Waals surface area contributed by atoms with Crippen molar-refractivity contribution in [3.05, 3.63) is 33.9 Å². The van der Waals surface area contributed by atoms with Gasteiger partial charge in [0.25, 0.3) is 5.69 Å². The van der Waals surface area contributed by atoms with E-state index in [0.717, 1.165) is 6.42 Å². The summed E-state index contributed by atoms with van der Waals surface area (Å²) in [5.41, 5.74) is 0.853. The van der Waals surface area contributed by atoms with Crippen LogP contribution in [0.25, 0.3) is 0 Å². The van der Waals surface area contributed by atoms with Crippen molar-refractivity contribution in [2.24, 2.45) is 0 Å². The molecule has 0 saturated heterocycles. The number of hydrogen-bond acceptors (Lipinski definition) is 3. The number of methoxy groups -OCH3 is 1. The summed E-state index contributed by atoms with van der Waals surface area (Å²) in [6, 6.07) is 4.82. The number of rotatable bonds is 5. The molecule has 0 spiro atoms. The topological polar surface area (TPSA) is 52.4 Å². The first kappa shape index (κ1) is 13.0. The van der Waals surface area contributed by atoms with E-state index >= 15 is 0 Å². The van der Waals surface area contributed by atoms with Gasteiger partial charge in [-0.05, 0) is 25.0 Å². The van der Waals surface area contributed by atoms with Gasteiger partial charge < -0.3 is 4.74 Å². The molecule has 4 nitrogen and oxygen atoms in total. The maximum atomic E-state index is 10.8. The van der Waals surface area contributed by atoms with Gasteiger partial charge in [0, 0.05) is 16.5 Å². The lowest BCUT2D eigenvalue weighted by Crippen LogP contribution is -2.04. The van der Waals surface area contributed by atoms with Gasteiger partial charge in [-0.1, -0.05) is 22.9 Å². The van der Waals surface area contributed by atoms with Crippen LogP contribution in [0.2, 0.25) is 0 Å². The summed E-state index contributed by atoms with van der Waals surface area (Å²) in [6.07, 6.45) is 1.55. The average molecular weight is 288 g/mol. The zero-order valence-electron chi connectivity index (χ0n) is 9.27. The van der Waals surface area contributed by atoms with Gasteiger partial charge in [0.05, 0.1) is 12.0 Å². The lowest BCUT2D eigenvalue weighted by molar-refractivity contribution is -0.385. The molecule has 88 valence electrons. The molecule has 1 aromatic rings. The van der Waals surface area contributed by atoms with Gasteiger partial charge in [0.2, 0.25) is 0 Å². The molecule has 0 bridgehead atoms. The molecule has 1 atom stereocenters. The van der Waals surface area contributed by atoms with Crippen LogP contribution in [0, 0.1) is 10.1 Å². The first-order valence-corrected chi connectivity index (χ1v) is 5.95. The molecule has 1 rings (SSSR count). The van der Waals surface area contributed by atoms with Crippen LogP contribution in [0.5, 0.6) is 5.75 Å². The number of nitro benzene ring substituents is 1. The summed E-state index contributed by atoms with van der Waals surface area (Å²) < 4.78 is 5.07. The number of benzene rings is 1. The van der Waals surface area contributed by atoms with Gasteiger partial charge in [-0.3, -0.25) is 10.1 Å². The minimum atomic E-state index is -0.357. The Bertz CT molecular complexity index is 381. The Labute approximate surface area is 103 Å². The van der Waals surface area contributed by atoms with Crippen LogP contribution in [0.1, 0.15) is 18.9 Å². The molecule has 0 N–H and O–H groups in total. The summed E-state index contributed by atoms with van der Waals surface area (Å²) >= 11 is 3.48. The third-order valence-corrected chi connectivity index (χ3v) is 3.34. The second-order valence-corrected chi connectivity index (χ2v) is 4.76. The lowest BCUT2D eigenvalue weighted by Gasteiger charge is -2.08. The predicted molar refractivity (Wildman–Crippen MR) is 66.4 cm³/mol. The van der Waals surface area contributed by atoms with Crippen molar-refractivity contribution < 1.29 is 9.66 Å². The van der Waals surface area contributed by atoms with Crippen LogP contribution >= 0.6 is 15.9 Å². The number of hydrogen-bond donors (Lipinski definition) is 0. The molecule has 0 saturated carbocycles. The third kappa shape index (κ3) is 3.20. The molecule has 0 aromatic heterocycles. The van der Waals surface area contributed by atoms with E-state index in [1.54, 1.807) is 19.2 Å². The number of halogens is 1. The number of ether oxygens (including phenoxy) is 1. The van der Waals surface area contributed by atoms with Crippen molar-refractivity contribution in [2.75, 3.05) is 7.11 Å². The summed E-state index contributed by atoms with van der Waals surface area (Å²) in [5, 5.41) is 10.8. The first-order valence-electron chi connectivity index (χ1n) is 5.03. The molecule has 16 heavy (non-hydrogen) atoms. The standard InChI is InChI=1S/C11H14BrNO3/c1-3-9(12)6-8-7-10(16-2)4-5-11(8)13(14)15/h4-5,7,9H,3,6H2,1-2H3. The highest BCUT2D eigenvalue weighted by Gasteiger charge is 2.16. The van der Waals surface area contributed by atoms with Crippen LogP contribution in [0.3, 0.4) is 0 Å². The van der Waals surface area contributed by atoms with E-state index in [4.69, 9.17) is 4.74 Å². The zero-order valence-corrected chi connectivity index (χ0v) is 10.9. The fraction of sp³-hybridized carbons (Fsp3) is 0.455. The number of nitro groups is 1. The summed E-state index contributed by atoms with van der Waals surface area (Å²) in [7, 11) is 1.55. The van der Waals surface area contributed by atoms with E-state index in [0.29, 0.717) is 17.7 Å². The minimum Gasteiger partial charge on any atom is -0.497 e. The highest BCUT2D eigenvalue weighted by molar-refractivity contribution is 9.09. The maximum absolute atomic E-state index is 10.8. The van der Waals surface area contributed by atoms with E-state index in [1.165, 1.54) is 6.07 Å². The van der Waals surface area contributed by atoms with Crippen LogP contribution in [0.4, 0.5) is 5.69 Å². The molecular weight excluding hydrogens is 274 g/mol. The van der Waals surface area contributed by atoms with E-state index < -0.39 is 0 Å². The smallest absolute Gasteiger partial charge is 0.272 e. The lowest BCUT2D eigenvalue weighted by atomic mass is 10.1. The fourth-order valence-electron chi connectivity index (χ4n) is 1.41. The Kier molecular flexibility index (Phi) is 4.73. The van der Waals surface area contributed by atoms with Crippen molar-refractivity contribution in [3.8, 4) is 5.75 Å². The third-order valence-electron chi connectivity index (χ3n) is 2.37. The predicted octanol–water partition coefficient (Wildman–Crippen LogP) is 3.32. The van der Waals surface area contributed by atoms with E-state index in [-0.39, 0.29) is 15.4 Å². The van der Waals surface area contributed by atoms with E-state index in [9.17, 15) is 10.1 Å². The molecule has 0 aliphatic rings. The van der Waals surface area contributed by atoms with Crippen molar-refractivity contribution in [1.82, 2.24) is 0 Å². The fourth-order valence-corrected chi connectivity index (χ4v) is 1.76. The largest absolute Gasteiger partial charge is 0.497 e. The van der Waals surface area contributed by atoms with Gasteiger partial charge in [0.15, 0.2) is 0 Å². The van der Waals surface area contributed by atoms with E-state index in [1.807, 2.05) is 6.92 Å². The van der Waals surface area contributed by atoms with Crippen LogP contribution in [-0.2, 0) is 6.42 Å². The maximum Gasteiger partial charge on any atom is 0.272 e. The Morgan fingerprint density at radius 2 is 2.25 bits per heavy atom. The molecular formula is C11H14BrNO3. The summed E-state index contributed by atoms with van der Waals surface area (Å²) in [4.78, 5) is 10.7. The molecule has 1 aromatic carbocycles. The highest BCUT2D eigenvalue weighted by Crippen LogP contribution is 2.27. The Morgan fingerprint density at radius 3 is 2.75 bits per heavy atom. The molecule has 0 amide bonds. The molecule has 0 aliphatic heterocycles. The normalized spacial score (nSPS) is 12.2. The Balaban J connectivity index is 3.05. The molecule has 5 heteroatoms. The zero-order chi connectivity index (χ0) is 12.1. The van der Waals surface area contributed by atoms with Crippen molar-refractivity contribution in [2.45, 2.75) is 24.6 Å². The molecule has 0 radical (unpaired) electrons. The molecule has 0 heterocycles. The first-order chi connectivity index (χ1) is 7.58. The van der Waals surface area contributed by atoms with Crippen molar-refractivity contribution in [1.29, 1.82) is 0 Å². The van der Waals surface area contributed by atoms with Crippen LogP contribution < -0.4 is 4.74 Å². The minimum absolute atomic E-state index is 0.152. The van der Waals surface area contributed by atoms with Gasteiger partial charge in [-0.15, -0.1) is 0 Å². The molecule has 0 aliphatic carbocycles. The van der Waals surface area contributed by atoms with E-state index in [2.05, 4.69) is 15.9 Å². The highest BCUT2D eigenvalue weighted by atomic mass is 79.9. The van der Waals surface area contributed by atoms with Gasteiger partial charge in [0.1, 0.15) is 5.75 Å². The number of alkyl halides is 1. The number of nitrogens with zero attached hydrogens (tertiary/aromatic N) is 1. The second-order valence-electron chi connectivity index (χ2n) is 3.46. The van der Waals surface area contributed by atoms with Crippen LogP contribution in [-0.4, -0.2) is 16.9 Å². The van der Waals surface area contributed by atoms with Crippen LogP contribution in [0.15, 0.2) is 18.2 Å². The van der Waals surface area contributed by atoms with Gasteiger partial charge in [-0.25, -0.2) is 0 Å². The van der Waals surface area contributed by atoms with Crippen molar-refractivity contribution in [3.63, 3.8) is 0 Å². The summed E-state index contributed by atoms with van der Waals surface area (Å²) in [5.74, 6) is 0.649. The van der Waals surface area contributed by atoms with Gasteiger partial charge >= 0.3 is 0 Å². The average Bonchev–Trinajstić information content (AvgIpc) is 2.28. The Hall–Kier alpha value is -1.10. The Morgan fingerprint density at radius 1 is 1.56 bits per heavy atom. The SMILES string of the molecule is CCC(Br)Cc1cc(OC)ccc1[N+](=O)[O-]. The monoisotopic (exact) mass is 287 g/mol. The van der Waals surface area contributed by atoms with Gasteiger partial charge in [-0.2, -0.15) is 0 Å².